The molecule has 0 aliphatic rings. The molecule has 0 heterocycles. The van der Waals surface area contributed by atoms with Gasteiger partial charge < -0.3 is 47.4 Å². The number of alkyl halides is 1. The van der Waals surface area contributed by atoms with Gasteiger partial charge in [-0.3, -0.25) is 0 Å². The second-order valence-corrected chi connectivity index (χ2v) is 9.66. The lowest BCUT2D eigenvalue weighted by molar-refractivity contribution is -0.0262. The normalized spacial score (nSPS) is 11.5. The lowest BCUT2D eigenvalue weighted by Crippen LogP contribution is -2.15. The van der Waals surface area contributed by atoms with Gasteiger partial charge in [0, 0.05) is 11.0 Å². The molecule has 0 fully saturated rings. The molecule has 0 spiro atoms. The van der Waals surface area contributed by atoms with Crippen LogP contribution in [0.5, 0.6) is 0 Å². The molecule has 0 N–H and O–H groups in total. The summed E-state index contributed by atoms with van der Waals surface area (Å²) in [5.74, 6) is 0. The third-order valence-corrected chi connectivity index (χ3v) is 5.65. The molecule has 0 rings (SSSR count). The molecule has 0 aliphatic heterocycles. The first kappa shape index (κ1) is 39.3. The van der Waals surface area contributed by atoms with Gasteiger partial charge in [0.2, 0.25) is 0 Å². The molecule has 236 valence electrons. The largest absolute Gasteiger partial charge is 0.379 e. The summed E-state index contributed by atoms with van der Waals surface area (Å²) in [6.07, 6.45) is 7.71. The summed E-state index contributed by atoms with van der Waals surface area (Å²) in [7, 11) is 0. The molecule has 0 saturated carbocycles. The van der Waals surface area contributed by atoms with Crippen LogP contribution in [0.4, 0.5) is 0 Å². The fourth-order valence-electron chi connectivity index (χ4n) is 3.12. The molecule has 0 bridgehead atoms. The Morgan fingerprint density at radius 3 is 0.795 bits per heavy atom. The zero-order valence-corrected chi connectivity index (χ0v) is 26.7. The highest BCUT2D eigenvalue weighted by molar-refractivity contribution is 14.1. The van der Waals surface area contributed by atoms with Crippen LogP contribution in [0.2, 0.25) is 0 Å². The number of halogens is 1. The highest BCUT2D eigenvalue weighted by atomic mass is 127. The van der Waals surface area contributed by atoms with Crippen LogP contribution in [-0.4, -0.2) is 137 Å². The quantitative estimate of drug-likeness (QED) is 0.0551. The van der Waals surface area contributed by atoms with Crippen LogP contribution in [0.25, 0.3) is 0 Å². The van der Waals surface area contributed by atoms with Crippen molar-refractivity contribution in [2.75, 3.05) is 137 Å². The third kappa shape index (κ3) is 38.3. The van der Waals surface area contributed by atoms with Crippen LogP contribution in [0.15, 0.2) is 0 Å². The van der Waals surface area contributed by atoms with Crippen molar-refractivity contribution in [1.82, 2.24) is 0 Å². The molecule has 0 amide bonds. The molecule has 0 aromatic heterocycles. The summed E-state index contributed by atoms with van der Waals surface area (Å²) >= 11 is 2.28. The van der Waals surface area contributed by atoms with Gasteiger partial charge in [-0.15, -0.1) is 0 Å². The van der Waals surface area contributed by atoms with Crippen LogP contribution < -0.4 is 0 Å². The summed E-state index contributed by atoms with van der Waals surface area (Å²) in [5.41, 5.74) is 0. The van der Waals surface area contributed by atoms with E-state index in [2.05, 4.69) is 29.5 Å². The maximum Gasteiger partial charge on any atom is 0.0701 e. The van der Waals surface area contributed by atoms with Crippen molar-refractivity contribution < 1.29 is 47.4 Å². The van der Waals surface area contributed by atoms with E-state index in [1.54, 1.807) is 0 Å². The maximum atomic E-state index is 5.58. The van der Waals surface area contributed by atoms with Crippen molar-refractivity contribution in [2.45, 2.75) is 45.4 Å². The molecule has 39 heavy (non-hydrogen) atoms. The summed E-state index contributed by atoms with van der Waals surface area (Å²) in [5, 5.41) is 0. The highest BCUT2D eigenvalue weighted by Gasteiger charge is 1.96. The van der Waals surface area contributed by atoms with E-state index in [4.69, 9.17) is 47.4 Å². The summed E-state index contributed by atoms with van der Waals surface area (Å²) < 4.78 is 55.6. The van der Waals surface area contributed by atoms with Crippen molar-refractivity contribution in [2.24, 2.45) is 0 Å². The van der Waals surface area contributed by atoms with Crippen LogP contribution >= 0.6 is 22.6 Å². The molecule has 0 radical (unpaired) electrons. The first-order valence-electron chi connectivity index (χ1n) is 14.7. The fraction of sp³-hybridized carbons (Fsp3) is 1.00. The Labute approximate surface area is 251 Å². The van der Waals surface area contributed by atoms with E-state index in [0.29, 0.717) is 119 Å². The van der Waals surface area contributed by atoms with Gasteiger partial charge in [-0.2, -0.15) is 0 Å². The standard InChI is InChI=1S/C28H57IO10/c1-2-3-4-5-6-7-9-30-11-13-32-15-17-34-19-21-36-23-25-38-27-28-39-26-24-37-22-20-35-18-16-33-14-12-31-10-8-29/h2-28H2,1H3. The Kier molecular flexibility index (Phi) is 38.7. The van der Waals surface area contributed by atoms with Crippen LogP contribution in [0, 0.1) is 0 Å². The summed E-state index contributed by atoms with van der Waals surface area (Å²) in [6.45, 7) is 14.0. The molecule has 11 heteroatoms. The van der Waals surface area contributed by atoms with E-state index in [9.17, 15) is 0 Å². The molecule has 0 aliphatic carbocycles. The van der Waals surface area contributed by atoms with Crippen LogP contribution in [0.3, 0.4) is 0 Å². The number of rotatable bonds is 36. The van der Waals surface area contributed by atoms with E-state index in [1.165, 1.54) is 32.1 Å². The first-order chi connectivity index (χ1) is 19.4. The third-order valence-electron chi connectivity index (χ3n) is 5.21. The SMILES string of the molecule is CCCCCCCCOCCOCCOCCOCCOCCOCCOCCOCCOCCOCCI. The lowest BCUT2D eigenvalue weighted by atomic mass is 10.1. The summed E-state index contributed by atoms with van der Waals surface area (Å²) in [4.78, 5) is 0. The second kappa shape index (κ2) is 38.3. The number of ether oxygens (including phenoxy) is 10. The molecular formula is C28H57IO10. The van der Waals surface area contributed by atoms with Gasteiger partial charge in [-0.05, 0) is 6.42 Å². The van der Waals surface area contributed by atoms with Gasteiger partial charge in [-0.25, -0.2) is 0 Å². The minimum atomic E-state index is 0.534. The molecule has 0 saturated heterocycles. The van der Waals surface area contributed by atoms with E-state index in [0.717, 1.165) is 24.1 Å². The van der Waals surface area contributed by atoms with Crippen molar-refractivity contribution in [3.8, 4) is 0 Å². The van der Waals surface area contributed by atoms with Gasteiger partial charge >= 0.3 is 0 Å². The number of hydrogen-bond acceptors (Lipinski definition) is 10. The fourth-order valence-corrected chi connectivity index (χ4v) is 3.43. The number of unbranched alkanes of at least 4 members (excludes halogenated alkanes) is 5. The van der Waals surface area contributed by atoms with Crippen molar-refractivity contribution in [3.63, 3.8) is 0 Å². The highest BCUT2D eigenvalue weighted by Crippen LogP contribution is 2.04. The minimum Gasteiger partial charge on any atom is -0.379 e. The molecule has 0 atom stereocenters. The monoisotopic (exact) mass is 680 g/mol. The van der Waals surface area contributed by atoms with Gasteiger partial charge in [0.05, 0.1) is 126 Å². The predicted octanol–water partition coefficient (Wildman–Crippen LogP) is 3.95. The smallest absolute Gasteiger partial charge is 0.0701 e. The molecule has 0 aromatic carbocycles. The Hall–Kier alpha value is 0.330. The Morgan fingerprint density at radius 1 is 0.282 bits per heavy atom. The number of hydrogen-bond donors (Lipinski definition) is 0. The lowest BCUT2D eigenvalue weighted by Gasteiger charge is -2.09. The topological polar surface area (TPSA) is 92.3 Å². The molecule has 0 aromatic rings. The molecule has 0 unspecified atom stereocenters. The Bertz CT molecular complexity index is 388. The molecular weight excluding hydrogens is 623 g/mol. The van der Waals surface area contributed by atoms with E-state index < -0.39 is 0 Å². The maximum absolute atomic E-state index is 5.58. The van der Waals surface area contributed by atoms with Gasteiger partial charge in [-0.1, -0.05) is 61.6 Å². The van der Waals surface area contributed by atoms with Gasteiger partial charge in [0.15, 0.2) is 0 Å². The van der Waals surface area contributed by atoms with Crippen molar-refractivity contribution in [3.05, 3.63) is 0 Å². The zero-order chi connectivity index (χ0) is 28.2. The second-order valence-electron chi connectivity index (χ2n) is 8.58. The molecule has 10 nitrogen and oxygen atoms in total. The summed E-state index contributed by atoms with van der Waals surface area (Å²) in [6, 6.07) is 0. The predicted molar refractivity (Wildman–Crippen MR) is 160 cm³/mol. The van der Waals surface area contributed by atoms with Gasteiger partial charge in [0.1, 0.15) is 0 Å². The average molecular weight is 681 g/mol. The zero-order valence-electron chi connectivity index (χ0n) is 24.6. The first-order valence-corrected chi connectivity index (χ1v) is 16.3. The minimum absolute atomic E-state index is 0.534. The average Bonchev–Trinajstić information content (AvgIpc) is 2.95. The van der Waals surface area contributed by atoms with Gasteiger partial charge in [0.25, 0.3) is 0 Å². The van der Waals surface area contributed by atoms with E-state index >= 15 is 0 Å². The van der Waals surface area contributed by atoms with Crippen LogP contribution in [0.1, 0.15) is 45.4 Å². The van der Waals surface area contributed by atoms with Crippen LogP contribution in [-0.2, 0) is 47.4 Å². The Morgan fingerprint density at radius 2 is 0.513 bits per heavy atom. The van der Waals surface area contributed by atoms with Crippen molar-refractivity contribution in [1.29, 1.82) is 0 Å². The van der Waals surface area contributed by atoms with Crippen molar-refractivity contribution >= 4 is 22.6 Å². The Balaban J connectivity index is 3.01. The van der Waals surface area contributed by atoms with E-state index in [1.807, 2.05) is 0 Å². The van der Waals surface area contributed by atoms with E-state index in [-0.39, 0.29) is 0 Å².